The lowest BCUT2D eigenvalue weighted by Crippen LogP contribution is -2.32. The first-order valence-electron chi connectivity index (χ1n) is 10.1. The molecule has 9 heteroatoms. The molecule has 31 heavy (non-hydrogen) atoms. The van der Waals surface area contributed by atoms with Gasteiger partial charge in [0.25, 0.3) is 0 Å². The van der Waals surface area contributed by atoms with Crippen molar-refractivity contribution in [1.29, 1.82) is 0 Å². The summed E-state index contributed by atoms with van der Waals surface area (Å²) < 4.78 is 5.36. The van der Waals surface area contributed by atoms with E-state index in [1.807, 2.05) is 6.07 Å². The highest BCUT2D eigenvalue weighted by Gasteiger charge is 2.23. The molecule has 0 aliphatic carbocycles. The maximum absolute atomic E-state index is 12.3. The average molecular weight is 458 g/mol. The van der Waals surface area contributed by atoms with E-state index in [4.69, 9.17) is 16.3 Å². The lowest BCUT2D eigenvalue weighted by atomic mass is 10.1. The van der Waals surface area contributed by atoms with Crippen LogP contribution in [0.1, 0.15) is 6.42 Å². The van der Waals surface area contributed by atoms with Crippen molar-refractivity contribution in [1.82, 2.24) is 20.5 Å². The van der Waals surface area contributed by atoms with Crippen molar-refractivity contribution in [2.45, 2.75) is 11.6 Å². The van der Waals surface area contributed by atoms with Gasteiger partial charge in [-0.15, -0.1) is 5.10 Å². The molecule has 2 N–H and O–H groups in total. The second-order valence-corrected chi connectivity index (χ2v) is 8.72. The summed E-state index contributed by atoms with van der Waals surface area (Å²) in [6, 6.07) is 15.7. The van der Waals surface area contributed by atoms with Crippen LogP contribution in [-0.4, -0.2) is 53.6 Å². The minimum Gasteiger partial charge on any atom is -0.496 e. The number of ether oxygens (including phenoxy) is 1. The number of aromatic nitrogens is 3. The van der Waals surface area contributed by atoms with Gasteiger partial charge in [0, 0.05) is 30.3 Å². The monoisotopic (exact) mass is 457 g/mol. The Bertz CT molecular complexity index is 1030. The number of nitrogens with zero attached hydrogens (tertiary/aromatic N) is 3. The predicted molar refractivity (Wildman–Crippen MR) is 124 cm³/mol. The molecular weight excluding hydrogens is 434 g/mol. The molecule has 1 unspecified atom stereocenters. The first-order valence-corrected chi connectivity index (χ1v) is 11.4. The first-order chi connectivity index (χ1) is 15.1. The van der Waals surface area contributed by atoms with Gasteiger partial charge in [0.05, 0.1) is 18.4 Å². The number of thioether (sulfide) groups is 1. The van der Waals surface area contributed by atoms with Gasteiger partial charge in [-0.1, -0.05) is 41.6 Å². The molecule has 2 aromatic carbocycles. The number of aromatic amines is 1. The second-order valence-electron chi connectivity index (χ2n) is 7.34. The quantitative estimate of drug-likeness (QED) is 0.499. The number of hydrogen-bond donors (Lipinski definition) is 2. The number of hydrogen-bond acceptors (Lipinski definition) is 6. The van der Waals surface area contributed by atoms with Crippen molar-refractivity contribution in [2.24, 2.45) is 5.92 Å². The topological polar surface area (TPSA) is 83.1 Å². The summed E-state index contributed by atoms with van der Waals surface area (Å²) in [5.74, 6) is 1.90. The van der Waals surface area contributed by atoms with Gasteiger partial charge in [-0.05, 0) is 42.7 Å². The molecule has 7 nitrogen and oxygen atoms in total. The van der Waals surface area contributed by atoms with E-state index in [0.29, 0.717) is 34.2 Å². The third-order valence-corrected chi connectivity index (χ3v) is 6.29. The van der Waals surface area contributed by atoms with Crippen molar-refractivity contribution < 1.29 is 9.53 Å². The molecule has 1 aliphatic rings. The van der Waals surface area contributed by atoms with Crippen molar-refractivity contribution >= 4 is 35.0 Å². The molecule has 1 aromatic heterocycles. The van der Waals surface area contributed by atoms with E-state index in [-0.39, 0.29) is 11.7 Å². The van der Waals surface area contributed by atoms with E-state index in [9.17, 15) is 4.79 Å². The third kappa shape index (κ3) is 5.51. The van der Waals surface area contributed by atoms with Crippen molar-refractivity contribution in [3.05, 3.63) is 53.6 Å². The molecule has 1 amide bonds. The smallest absolute Gasteiger partial charge is 0.230 e. The summed E-state index contributed by atoms with van der Waals surface area (Å²) in [7, 11) is 1.59. The summed E-state index contributed by atoms with van der Waals surface area (Å²) in [5, 5.41) is 11.2. The zero-order chi connectivity index (χ0) is 21.6. The van der Waals surface area contributed by atoms with Crippen LogP contribution in [0.3, 0.4) is 0 Å². The predicted octanol–water partition coefficient (Wildman–Crippen LogP) is 3.87. The SMILES string of the molecule is COc1ccc(Cl)cc1-c1nc(SCC(=O)NCC2CCN(c3ccccc3)C2)n[nH]1. The van der Waals surface area contributed by atoms with Gasteiger partial charge in [-0.3, -0.25) is 9.89 Å². The van der Waals surface area contributed by atoms with Crippen LogP contribution >= 0.6 is 23.4 Å². The molecule has 3 aromatic rings. The number of nitrogens with one attached hydrogen (secondary N) is 2. The van der Waals surface area contributed by atoms with Crippen LogP contribution in [0.25, 0.3) is 11.4 Å². The van der Waals surface area contributed by atoms with Crippen LogP contribution < -0.4 is 15.0 Å². The highest BCUT2D eigenvalue weighted by Crippen LogP contribution is 2.31. The van der Waals surface area contributed by atoms with Crippen molar-refractivity contribution in [2.75, 3.05) is 37.4 Å². The van der Waals surface area contributed by atoms with Gasteiger partial charge >= 0.3 is 0 Å². The Morgan fingerprint density at radius 3 is 2.97 bits per heavy atom. The number of anilines is 1. The fourth-order valence-electron chi connectivity index (χ4n) is 3.61. The minimum absolute atomic E-state index is 0.0187. The number of carbonyl (C=O) groups excluding carboxylic acids is 1. The standard InChI is InChI=1S/C22H24ClN5O2S/c1-30-19-8-7-16(23)11-18(19)21-25-22(27-26-21)31-14-20(29)24-12-15-9-10-28(13-15)17-5-3-2-4-6-17/h2-8,11,15H,9-10,12-14H2,1H3,(H,24,29)(H,25,26,27). The average Bonchev–Trinajstić information content (AvgIpc) is 3.47. The number of carbonyl (C=O) groups is 1. The Hall–Kier alpha value is -2.71. The van der Waals surface area contributed by atoms with E-state index in [2.05, 4.69) is 49.7 Å². The highest BCUT2D eigenvalue weighted by atomic mass is 35.5. The van der Waals surface area contributed by atoms with Crippen molar-refractivity contribution in [3.63, 3.8) is 0 Å². The highest BCUT2D eigenvalue weighted by molar-refractivity contribution is 7.99. The Balaban J connectivity index is 1.24. The van der Waals surface area contributed by atoms with Gasteiger partial charge < -0.3 is 15.0 Å². The van der Waals surface area contributed by atoms with Crippen LogP contribution in [0, 0.1) is 5.92 Å². The van der Waals surface area contributed by atoms with Crippen LogP contribution in [0.15, 0.2) is 53.7 Å². The molecule has 2 heterocycles. The summed E-state index contributed by atoms with van der Waals surface area (Å²) in [5.41, 5.74) is 1.96. The van der Waals surface area contributed by atoms with E-state index < -0.39 is 0 Å². The van der Waals surface area contributed by atoms with Gasteiger partial charge in [0.1, 0.15) is 5.75 Å². The number of para-hydroxylation sites is 1. The zero-order valence-electron chi connectivity index (χ0n) is 17.2. The molecule has 1 fully saturated rings. The van der Waals surface area contributed by atoms with Gasteiger partial charge in [0.2, 0.25) is 11.1 Å². The number of rotatable bonds is 8. The van der Waals surface area contributed by atoms with Gasteiger partial charge in [-0.2, -0.15) is 0 Å². The van der Waals surface area contributed by atoms with Crippen LogP contribution in [0.4, 0.5) is 5.69 Å². The van der Waals surface area contributed by atoms with Crippen LogP contribution in [-0.2, 0) is 4.79 Å². The van der Waals surface area contributed by atoms with Crippen LogP contribution in [0.2, 0.25) is 5.02 Å². The van der Waals surface area contributed by atoms with E-state index >= 15 is 0 Å². The maximum atomic E-state index is 12.3. The van der Waals surface area contributed by atoms with Gasteiger partial charge in [-0.25, -0.2) is 4.98 Å². The first kappa shape index (κ1) is 21.5. The van der Waals surface area contributed by atoms with Crippen LogP contribution in [0.5, 0.6) is 5.75 Å². The van der Waals surface area contributed by atoms with E-state index in [1.54, 1.807) is 25.3 Å². The molecule has 1 aliphatic heterocycles. The lowest BCUT2D eigenvalue weighted by molar-refractivity contribution is -0.118. The Morgan fingerprint density at radius 2 is 2.16 bits per heavy atom. The Kier molecular flexibility index (Phi) is 6.99. The number of H-pyrrole nitrogens is 1. The summed E-state index contributed by atoms with van der Waals surface area (Å²) >= 11 is 7.38. The fraction of sp³-hybridized carbons (Fsp3) is 0.318. The summed E-state index contributed by atoms with van der Waals surface area (Å²) in [6.07, 6.45) is 1.08. The normalized spacial score (nSPS) is 15.8. The number of halogens is 1. The number of benzene rings is 2. The molecule has 0 saturated carbocycles. The van der Waals surface area contributed by atoms with Crippen molar-refractivity contribution in [3.8, 4) is 17.1 Å². The Labute approximate surface area is 190 Å². The molecule has 0 spiro atoms. The molecule has 0 radical (unpaired) electrons. The Morgan fingerprint density at radius 1 is 1.32 bits per heavy atom. The minimum atomic E-state index is -0.0187. The maximum Gasteiger partial charge on any atom is 0.230 e. The molecule has 1 saturated heterocycles. The number of methoxy groups -OCH3 is 1. The fourth-order valence-corrected chi connectivity index (χ4v) is 4.41. The second kappa shape index (κ2) is 10.1. The summed E-state index contributed by atoms with van der Waals surface area (Å²) in [6.45, 7) is 2.66. The molecular formula is C22H24ClN5O2S. The zero-order valence-corrected chi connectivity index (χ0v) is 18.7. The molecule has 0 bridgehead atoms. The largest absolute Gasteiger partial charge is 0.496 e. The lowest BCUT2D eigenvalue weighted by Gasteiger charge is -2.18. The van der Waals surface area contributed by atoms with Gasteiger partial charge in [0.15, 0.2) is 5.82 Å². The van der Waals surface area contributed by atoms with E-state index in [1.165, 1.54) is 17.4 Å². The molecule has 162 valence electrons. The number of amides is 1. The third-order valence-electron chi connectivity index (χ3n) is 5.21. The van der Waals surface area contributed by atoms with E-state index in [0.717, 1.165) is 25.1 Å². The summed E-state index contributed by atoms with van der Waals surface area (Å²) in [4.78, 5) is 19.1. The molecule has 4 rings (SSSR count). The molecule has 1 atom stereocenters.